The number of carbonyl (C=O) groups is 3. The van der Waals surface area contributed by atoms with E-state index in [2.05, 4.69) is 10.3 Å². The number of aromatic amines is 1. The number of methoxy groups -OCH3 is 1. The fourth-order valence-electron chi connectivity index (χ4n) is 5.16. The van der Waals surface area contributed by atoms with Crippen LogP contribution in [0.1, 0.15) is 30.0 Å². The maximum absolute atomic E-state index is 13.8. The maximum atomic E-state index is 13.8. The number of ether oxygens (including phenoxy) is 1. The number of aliphatic hydroxyl groups is 1. The number of nitrogens with two attached hydrogens (primary N) is 1. The number of aliphatic carboxylic acids is 1. The van der Waals surface area contributed by atoms with Gasteiger partial charge in [-0.1, -0.05) is 25.1 Å². The van der Waals surface area contributed by atoms with Crippen LogP contribution in [0.3, 0.4) is 0 Å². The van der Waals surface area contributed by atoms with Gasteiger partial charge in [-0.05, 0) is 42.0 Å². The normalized spacial score (nSPS) is 17.1. The third-order valence-electron chi connectivity index (χ3n) is 7.34. The van der Waals surface area contributed by atoms with Gasteiger partial charge in [0.2, 0.25) is 17.6 Å². The molecular formula is C28H34N4O8. The molecule has 0 unspecified atom stereocenters. The SMILES string of the molecule is COc1c(O)cc2c(c1O)CN(C(=O)[C@H](N)Cc1c[nH]c3ccccc13)[C@H](C(=O)N[C@@H](C[C@H](C)CO)C(=O)O)C2. The lowest BCUT2D eigenvalue weighted by Gasteiger charge is -2.38. The fraction of sp³-hybridized carbons (Fsp3) is 0.393. The molecule has 1 aromatic heterocycles. The van der Waals surface area contributed by atoms with Gasteiger partial charge in [-0.3, -0.25) is 9.59 Å². The highest BCUT2D eigenvalue weighted by Gasteiger charge is 2.40. The summed E-state index contributed by atoms with van der Waals surface area (Å²) in [4.78, 5) is 43.5. The van der Waals surface area contributed by atoms with Crippen molar-refractivity contribution in [3.05, 3.63) is 53.2 Å². The molecular weight excluding hydrogens is 520 g/mol. The van der Waals surface area contributed by atoms with Crippen LogP contribution in [0, 0.1) is 5.92 Å². The number of carboxylic acids is 1. The monoisotopic (exact) mass is 554 g/mol. The second-order valence-electron chi connectivity index (χ2n) is 10.2. The zero-order chi connectivity index (χ0) is 29.1. The van der Waals surface area contributed by atoms with E-state index in [0.717, 1.165) is 16.5 Å². The van der Waals surface area contributed by atoms with Crippen molar-refractivity contribution in [3.8, 4) is 17.2 Å². The van der Waals surface area contributed by atoms with Gasteiger partial charge >= 0.3 is 5.97 Å². The Hall–Kier alpha value is -4.29. The molecule has 1 aliphatic rings. The van der Waals surface area contributed by atoms with Crippen LogP contribution in [-0.2, 0) is 33.8 Å². The summed E-state index contributed by atoms with van der Waals surface area (Å²) < 4.78 is 5.10. The van der Waals surface area contributed by atoms with Crippen molar-refractivity contribution in [1.82, 2.24) is 15.2 Å². The Labute approximate surface area is 230 Å². The number of phenolic OH excluding ortho intramolecular Hbond substituents is 2. The van der Waals surface area contributed by atoms with E-state index in [1.807, 2.05) is 24.3 Å². The molecule has 3 aromatic rings. The van der Waals surface area contributed by atoms with Crippen LogP contribution in [0.5, 0.6) is 17.2 Å². The van der Waals surface area contributed by atoms with E-state index in [1.54, 1.807) is 13.1 Å². The molecule has 0 spiro atoms. The third-order valence-corrected chi connectivity index (χ3v) is 7.34. The average Bonchev–Trinajstić information content (AvgIpc) is 3.34. The summed E-state index contributed by atoms with van der Waals surface area (Å²) in [6.45, 7) is 1.17. The molecule has 0 bridgehead atoms. The number of aliphatic hydroxyl groups excluding tert-OH is 1. The minimum absolute atomic E-state index is 0.0202. The van der Waals surface area contributed by atoms with E-state index in [1.165, 1.54) is 18.1 Å². The minimum atomic E-state index is -1.30. The summed E-state index contributed by atoms with van der Waals surface area (Å²) >= 11 is 0. The summed E-state index contributed by atoms with van der Waals surface area (Å²) in [7, 11) is 1.28. The van der Waals surface area contributed by atoms with Crippen LogP contribution in [0.2, 0.25) is 0 Å². The summed E-state index contributed by atoms with van der Waals surface area (Å²) in [5.41, 5.74) is 8.77. The summed E-state index contributed by atoms with van der Waals surface area (Å²) in [5, 5.41) is 43.5. The fourth-order valence-corrected chi connectivity index (χ4v) is 5.16. The van der Waals surface area contributed by atoms with Crippen LogP contribution in [0.4, 0.5) is 0 Å². The second kappa shape index (κ2) is 11.8. The van der Waals surface area contributed by atoms with Crippen molar-refractivity contribution in [2.75, 3.05) is 13.7 Å². The van der Waals surface area contributed by atoms with Gasteiger partial charge in [0.1, 0.15) is 12.1 Å². The topological polar surface area (TPSA) is 198 Å². The quantitative estimate of drug-likeness (QED) is 0.191. The first kappa shape index (κ1) is 28.7. The average molecular weight is 555 g/mol. The standard InChI is InChI=1S/C28H34N4O8/c1-14(13-33)7-21(28(38)39)31-26(36)22-9-15-10-23(34)25(40-2)24(35)18(15)12-32(22)27(37)19(29)8-16-11-30-20-6-4-3-5-17(16)20/h3-6,10-11,14,19,21-22,30,33-35H,7-9,12-13,29H2,1-2H3,(H,31,36)(H,38,39)/t14-,19+,21-,22-/m0/s1. The summed E-state index contributed by atoms with van der Waals surface area (Å²) in [6, 6.07) is 5.38. The van der Waals surface area contributed by atoms with Crippen molar-refractivity contribution < 1.29 is 39.5 Å². The van der Waals surface area contributed by atoms with E-state index >= 15 is 0 Å². The van der Waals surface area contributed by atoms with Crippen LogP contribution in [-0.4, -0.2) is 79.9 Å². The number of amides is 2. The number of aromatic nitrogens is 1. The molecule has 4 atom stereocenters. The molecule has 1 aliphatic heterocycles. The number of para-hydroxylation sites is 1. The van der Waals surface area contributed by atoms with Gasteiger partial charge in [0.15, 0.2) is 11.5 Å². The molecule has 2 aromatic carbocycles. The highest BCUT2D eigenvalue weighted by atomic mass is 16.5. The highest BCUT2D eigenvalue weighted by Crippen LogP contribution is 2.43. The first-order valence-electron chi connectivity index (χ1n) is 12.9. The van der Waals surface area contributed by atoms with Gasteiger partial charge in [-0.25, -0.2) is 4.79 Å². The van der Waals surface area contributed by atoms with Crippen LogP contribution >= 0.6 is 0 Å². The molecule has 4 rings (SSSR count). The molecule has 2 amide bonds. The number of benzene rings is 2. The molecule has 0 fully saturated rings. The number of fused-ring (bicyclic) bond motifs is 2. The van der Waals surface area contributed by atoms with Gasteiger partial charge in [0, 0.05) is 35.7 Å². The number of phenols is 2. The summed E-state index contributed by atoms with van der Waals surface area (Å²) in [6.07, 6.45) is 1.80. The lowest BCUT2D eigenvalue weighted by Crippen LogP contribution is -2.58. The Kier molecular flexibility index (Phi) is 8.50. The lowest BCUT2D eigenvalue weighted by atomic mass is 9.90. The molecule has 0 saturated carbocycles. The van der Waals surface area contributed by atoms with Gasteiger partial charge < -0.3 is 46.1 Å². The number of nitrogens with one attached hydrogen (secondary N) is 2. The van der Waals surface area contributed by atoms with Gasteiger partial charge in [0.05, 0.1) is 19.7 Å². The van der Waals surface area contributed by atoms with Crippen molar-refractivity contribution in [2.24, 2.45) is 11.7 Å². The van der Waals surface area contributed by atoms with E-state index in [0.29, 0.717) is 5.56 Å². The van der Waals surface area contributed by atoms with Crippen molar-refractivity contribution in [3.63, 3.8) is 0 Å². The number of H-pyrrole nitrogens is 1. The minimum Gasteiger partial charge on any atom is -0.504 e. The van der Waals surface area contributed by atoms with Crippen molar-refractivity contribution in [2.45, 2.75) is 50.9 Å². The molecule has 8 N–H and O–H groups in total. The molecule has 12 nitrogen and oxygen atoms in total. The second-order valence-corrected chi connectivity index (χ2v) is 10.2. The Morgan fingerprint density at radius 1 is 1.25 bits per heavy atom. The zero-order valence-electron chi connectivity index (χ0n) is 22.3. The van der Waals surface area contributed by atoms with Gasteiger partial charge in [-0.15, -0.1) is 0 Å². The maximum Gasteiger partial charge on any atom is 0.326 e. The molecule has 0 saturated heterocycles. The van der Waals surface area contributed by atoms with Crippen LogP contribution in [0.25, 0.3) is 10.9 Å². The van der Waals surface area contributed by atoms with E-state index in [9.17, 15) is 34.8 Å². The number of aromatic hydroxyl groups is 2. The molecule has 214 valence electrons. The van der Waals surface area contributed by atoms with Crippen molar-refractivity contribution in [1.29, 1.82) is 0 Å². The predicted octanol–water partition coefficient (Wildman–Crippen LogP) is 0.999. The number of carboxylic acid groups (broad SMARTS) is 1. The largest absolute Gasteiger partial charge is 0.504 e. The number of hydrogen-bond donors (Lipinski definition) is 7. The van der Waals surface area contributed by atoms with Gasteiger partial charge in [0.25, 0.3) is 0 Å². The third kappa shape index (κ3) is 5.68. The van der Waals surface area contributed by atoms with E-state index < -0.39 is 41.8 Å². The Morgan fingerprint density at radius 3 is 2.65 bits per heavy atom. The summed E-state index contributed by atoms with van der Waals surface area (Å²) in [5.74, 6) is -3.84. The van der Waals surface area contributed by atoms with Crippen molar-refractivity contribution >= 4 is 28.7 Å². The number of carbonyl (C=O) groups excluding carboxylic acids is 2. The number of rotatable bonds is 10. The van der Waals surface area contributed by atoms with E-state index in [-0.39, 0.29) is 55.2 Å². The molecule has 40 heavy (non-hydrogen) atoms. The Balaban J connectivity index is 1.66. The van der Waals surface area contributed by atoms with Crippen LogP contribution in [0.15, 0.2) is 36.5 Å². The molecule has 0 radical (unpaired) electrons. The number of hydrogen-bond acceptors (Lipinski definition) is 8. The van der Waals surface area contributed by atoms with Gasteiger partial charge in [-0.2, -0.15) is 0 Å². The Bertz CT molecular complexity index is 1420. The zero-order valence-corrected chi connectivity index (χ0v) is 22.3. The Morgan fingerprint density at radius 2 is 1.98 bits per heavy atom. The first-order valence-corrected chi connectivity index (χ1v) is 12.9. The lowest BCUT2D eigenvalue weighted by molar-refractivity contribution is -0.146. The van der Waals surface area contributed by atoms with E-state index in [4.69, 9.17) is 10.5 Å². The highest BCUT2D eigenvalue weighted by molar-refractivity contribution is 5.93. The first-order chi connectivity index (χ1) is 19.0. The molecule has 12 heteroatoms. The van der Waals surface area contributed by atoms with Crippen LogP contribution < -0.4 is 15.8 Å². The predicted molar refractivity (Wildman–Crippen MR) is 145 cm³/mol. The number of nitrogens with zero attached hydrogens (tertiary/aromatic N) is 1. The smallest absolute Gasteiger partial charge is 0.326 e. The molecule has 2 heterocycles. The molecule has 0 aliphatic carbocycles.